The average molecular weight is 372 g/mol. The van der Waals surface area contributed by atoms with Gasteiger partial charge in [-0.05, 0) is 0 Å². The standard InChI is InChI=1S/C11H18.2C5H5.Zr/c1-3-4-5-8-11-9-6-7-10(11)2;2*1-2-4-5-3-1;/h10H,2-7,9H2,1H3;2*1-5H;/q-2;2*-1;+4. The van der Waals surface area contributed by atoms with Crippen LogP contribution in [-0.2, 0) is 26.2 Å². The van der Waals surface area contributed by atoms with Gasteiger partial charge in [0, 0.05) is 0 Å². The molecule has 22 heavy (non-hydrogen) atoms. The SMILES string of the molecule is [CH2-]C1CCCC1=[C-]CCCC.[Zr+4].c1cc[cH-]c1.c1cc[cH-]c1. The van der Waals surface area contributed by atoms with Gasteiger partial charge in [-0.25, -0.2) is 24.3 Å². The Morgan fingerprint density at radius 1 is 1.09 bits per heavy atom. The Morgan fingerprint density at radius 3 is 1.95 bits per heavy atom. The summed E-state index contributed by atoms with van der Waals surface area (Å²) in [6.45, 7) is 6.32. The maximum Gasteiger partial charge on any atom is 4.00 e. The van der Waals surface area contributed by atoms with Crippen molar-refractivity contribution in [2.24, 2.45) is 5.92 Å². The van der Waals surface area contributed by atoms with Crippen LogP contribution in [0.1, 0.15) is 45.4 Å². The Bertz CT molecular complexity index is 362. The maximum absolute atomic E-state index is 4.10. The molecule has 0 aromatic heterocycles. The van der Waals surface area contributed by atoms with Crippen LogP contribution in [-0.4, -0.2) is 0 Å². The van der Waals surface area contributed by atoms with E-state index in [9.17, 15) is 0 Å². The first kappa shape index (κ1) is 21.3. The third-order valence-corrected chi connectivity index (χ3v) is 3.49. The van der Waals surface area contributed by atoms with Crippen LogP contribution >= 0.6 is 0 Å². The molecule has 1 unspecified atom stereocenters. The van der Waals surface area contributed by atoms with E-state index in [1.165, 1.54) is 37.7 Å². The van der Waals surface area contributed by atoms with E-state index in [0.29, 0.717) is 5.92 Å². The quantitative estimate of drug-likeness (QED) is 0.435. The Labute approximate surface area is 156 Å². The molecule has 116 valence electrons. The number of hydrogen-bond acceptors (Lipinski definition) is 0. The maximum atomic E-state index is 4.10. The van der Waals surface area contributed by atoms with Crippen LogP contribution in [0.5, 0.6) is 0 Å². The minimum Gasteiger partial charge on any atom is -0.499 e. The first-order valence-electron chi connectivity index (χ1n) is 8.10. The van der Waals surface area contributed by atoms with Crippen LogP contribution in [0, 0.1) is 18.9 Å². The van der Waals surface area contributed by atoms with Gasteiger partial charge in [0.25, 0.3) is 0 Å². The summed E-state index contributed by atoms with van der Waals surface area (Å²) in [5, 5.41) is 0. The molecule has 1 aliphatic rings. The van der Waals surface area contributed by atoms with Crippen LogP contribution in [0.3, 0.4) is 0 Å². The Balaban J connectivity index is 0.000000334. The summed E-state index contributed by atoms with van der Waals surface area (Å²) in [5.41, 5.74) is 1.50. The molecule has 2 aromatic carbocycles. The molecular formula is C21H28Zr. The van der Waals surface area contributed by atoms with Crippen LogP contribution in [0.25, 0.3) is 0 Å². The van der Waals surface area contributed by atoms with Gasteiger partial charge in [-0.1, -0.05) is 39.0 Å². The second-order valence-electron chi connectivity index (χ2n) is 5.32. The van der Waals surface area contributed by atoms with Gasteiger partial charge in [-0.15, -0.1) is 0 Å². The molecule has 0 heterocycles. The van der Waals surface area contributed by atoms with Gasteiger partial charge in [-0.2, -0.15) is 48.7 Å². The summed E-state index contributed by atoms with van der Waals surface area (Å²) in [7, 11) is 0. The predicted octanol–water partition coefficient (Wildman–Crippen LogP) is 6.35. The van der Waals surface area contributed by atoms with E-state index in [-0.39, 0.29) is 26.2 Å². The summed E-state index contributed by atoms with van der Waals surface area (Å²) in [4.78, 5) is 0. The zero-order valence-corrected chi connectivity index (χ0v) is 16.3. The molecule has 0 spiro atoms. The van der Waals surface area contributed by atoms with Crippen molar-refractivity contribution < 1.29 is 26.2 Å². The Kier molecular flexibility index (Phi) is 14.8. The summed E-state index contributed by atoms with van der Waals surface area (Å²) in [6.07, 6.45) is 11.1. The molecule has 1 aliphatic carbocycles. The van der Waals surface area contributed by atoms with Gasteiger partial charge in [0.15, 0.2) is 0 Å². The molecule has 0 aliphatic heterocycles. The molecule has 0 bridgehead atoms. The largest absolute Gasteiger partial charge is 4.00 e. The fraction of sp³-hybridized carbons (Fsp3) is 0.381. The van der Waals surface area contributed by atoms with E-state index < -0.39 is 0 Å². The predicted molar refractivity (Wildman–Crippen MR) is 93.0 cm³/mol. The summed E-state index contributed by atoms with van der Waals surface area (Å²) >= 11 is 0. The first-order valence-corrected chi connectivity index (χ1v) is 8.10. The van der Waals surface area contributed by atoms with Crippen molar-refractivity contribution in [3.63, 3.8) is 0 Å². The molecule has 3 rings (SSSR count). The summed E-state index contributed by atoms with van der Waals surface area (Å²) < 4.78 is 0. The van der Waals surface area contributed by atoms with Crippen LogP contribution in [0.2, 0.25) is 0 Å². The third kappa shape index (κ3) is 11.0. The van der Waals surface area contributed by atoms with Crippen LogP contribution in [0.4, 0.5) is 0 Å². The van der Waals surface area contributed by atoms with E-state index in [0.717, 1.165) is 6.42 Å². The molecule has 1 saturated carbocycles. The molecular weight excluding hydrogens is 343 g/mol. The minimum absolute atomic E-state index is 0. The topological polar surface area (TPSA) is 0 Å². The van der Waals surface area contributed by atoms with Gasteiger partial charge in [0.2, 0.25) is 0 Å². The molecule has 0 amide bonds. The normalized spacial score (nSPS) is 17.7. The number of unbranched alkanes of at least 4 members (excludes halogenated alkanes) is 2. The van der Waals surface area contributed by atoms with Crippen LogP contribution in [0.15, 0.2) is 66.2 Å². The Hall–Kier alpha value is -0.677. The summed E-state index contributed by atoms with van der Waals surface area (Å²) in [5.74, 6) is 0.590. The fourth-order valence-electron chi connectivity index (χ4n) is 2.22. The van der Waals surface area contributed by atoms with Crippen molar-refractivity contribution >= 4 is 0 Å². The Morgan fingerprint density at radius 2 is 1.64 bits per heavy atom. The van der Waals surface area contributed by atoms with Crippen molar-refractivity contribution in [3.05, 3.63) is 79.2 Å². The molecule has 0 radical (unpaired) electrons. The fourth-order valence-corrected chi connectivity index (χ4v) is 2.22. The van der Waals surface area contributed by atoms with Gasteiger partial charge in [0.05, 0.1) is 0 Å². The number of rotatable bonds is 3. The minimum atomic E-state index is 0. The van der Waals surface area contributed by atoms with E-state index in [2.05, 4.69) is 19.9 Å². The smallest absolute Gasteiger partial charge is 0.499 e. The van der Waals surface area contributed by atoms with Crippen molar-refractivity contribution in [2.75, 3.05) is 0 Å². The number of hydrogen-bond donors (Lipinski definition) is 0. The van der Waals surface area contributed by atoms with Gasteiger partial charge < -0.3 is 13.0 Å². The van der Waals surface area contributed by atoms with Crippen LogP contribution < -0.4 is 0 Å². The average Bonchev–Trinajstić information content (AvgIpc) is 3.27. The van der Waals surface area contributed by atoms with Gasteiger partial charge in [0.1, 0.15) is 0 Å². The molecule has 0 nitrogen and oxygen atoms in total. The second-order valence-corrected chi connectivity index (χ2v) is 5.32. The zero-order valence-electron chi connectivity index (χ0n) is 13.8. The molecule has 0 saturated heterocycles. The van der Waals surface area contributed by atoms with Crippen molar-refractivity contribution in [1.29, 1.82) is 0 Å². The van der Waals surface area contributed by atoms with Crippen molar-refractivity contribution in [1.82, 2.24) is 0 Å². The second kappa shape index (κ2) is 15.2. The molecule has 1 atom stereocenters. The van der Waals surface area contributed by atoms with Gasteiger partial charge in [-0.3, -0.25) is 5.57 Å². The molecule has 1 fully saturated rings. The molecule has 2 aromatic rings. The third-order valence-electron chi connectivity index (χ3n) is 3.49. The van der Waals surface area contributed by atoms with E-state index in [1.54, 1.807) is 0 Å². The van der Waals surface area contributed by atoms with Crippen molar-refractivity contribution in [3.8, 4) is 0 Å². The molecule has 1 heteroatoms. The van der Waals surface area contributed by atoms with Crippen molar-refractivity contribution in [2.45, 2.75) is 45.4 Å². The van der Waals surface area contributed by atoms with E-state index in [4.69, 9.17) is 0 Å². The van der Waals surface area contributed by atoms with E-state index >= 15 is 0 Å². The zero-order chi connectivity index (χ0) is 15.2. The first-order chi connectivity index (χ1) is 10.3. The number of allylic oxidation sites excluding steroid dienone is 2. The van der Waals surface area contributed by atoms with Gasteiger partial charge >= 0.3 is 26.2 Å². The summed E-state index contributed by atoms with van der Waals surface area (Å²) in [6, 6.07) is 20.0. The van der Waals surface area contributed by atoms with E-state index in [1.807, 2.05) is 60.7 Å². The monoisotopic (exact) mass is 370 g/mol. The molecule has 0 N–H and O–H groups in total.